The second-order valence-corrected chi connectivity index (χ2v) is 2.14. The Morgan fingerprint density at radius 2 is 2.33 bits per heavy atom. The van der Waals surface area contributed by atoms with Crippen molar-refractivity contribution in [1.29, 1.82) is 0 Å². The fourth-order valence-electron chi connectivity index (χ4n) is 0.284. The molecule has 2 heteroatoms. The number of terminal acetylenes is 1. The van der Waals surface area contributed by atoms with Crippen LogP contribution in [0.4, 0.5) is 0 Å². The van der Waals surface area contributed by atoms with Crippen molar-refractivity contribution >= 4 is 5.97 Å². The summed E-state index contributed by atoms with van der Waals surface area (Å²) in [6.07, 6.45) is 4.73. The van der Waals surface area contributed by atoms with E-state index in [9.17, 15) is 4.79 Å². The maximum Gasteiger partial charge on any atom is 0.384 e. The van der Waals surface area contributed by atoms with Gasteiger partial charge in [-0.1, -0.05) is 13.8 Å². The first-order chi connectivity index (χ1) is 4.16. The quantitative estimate of drug-likeness (QED) is 0.311. The molecule has 0 radical (unpaired) electrons. The summed E-state index contributed by atoms with van der Waals surface area (Å²) in [6.45, 7) is 4.30. The highest BCUT2D eigenvalue weighted by Gasteiger charge is 1.97. The van der Waals surface area contributed by atoms with Crippen molar-refractivity contribution in [3.8, 4) is 12.3 Å². The van der Waals surface area contributed by atoms with Crippen LogP contribution in [0.5, 0.6) is 0 Å². The largest absolute Gasteiger partial charge is 0.456 e. The predicted octanol–water partition coefficient (Wildman–Crippen LogP) is 0.819. The molecular formula is C7H10O2. The van der Waals surface area contributed by atoms with Crippen LogP contribution >= 0.6 is 0 Å². The molecule has 0 aliphatic heterocycles. The van der Waals surface area contributed by atoms with E-state index in [0.29, 0.717) is 12.5 Å². The minimum absolute atomic E-state index is 0.349. The average Bonchev–Trinajstić information content (AvgIpc) is 1.83. The molecule has 0 aromatic rings. The summed E-state index contributed by atoms with van der Waals surface area (Å²) in [4.78, 5) is 10.3. The molecule has 0 saturated heterocycles. The standard InChI is InChI=1S/C7H10O2/c1-4-7(8)9-5-6(2)3/h1,6H,5H2,2-3H3. The molecule has 0 rings (SSSR count). The van der Waals surface area contributed by atoms with Gasteiger partial charge in [0.05, 0.1) is 6.61 Å². The maximum atomic E-state index is 10.3. The van der Waals surface area contributed by atoms with Crippen LogP contribution in [-0.4, -0.2) is 12.6 Å². The molecule has 0 bridgehead atoms. The van der Waals surface area contributed by atoms with Gasteiger partial charge in [0.15, 0.2) is 0 Å². The third-order valence-corrected chi connectivity index (χ3v) is 0.666. The predicted molar refractivity (Wildman–Crippen MR) is 34.6 cm³/mol. The van der Waals surface area contributed by atoms with Gasteiger partial charge >= 0.3 is 5.97 Å². The number of carbonyl (C=O) groups excluding carboxylic acids is 1. The summed E-state index contributed by atoms with van der Waals surface area (Å²) < 4.78 is 4.58. The van der Waals surface area contributed by atoms with Crippen LogP contribution in [0.25, 0.3) is 0 Å². The number of carbonyl (C=O) groups is 1. The van der Waals surface area contributed by atoms with Gasteiger partial charge in [-0.25, -0.2) is 4.79 Å². The van der Waals surface area contributed by atoms with Crippen LogP contribution in [0.2, 0.25) is 0 Å². The van der Waals surface area contributed by atoms with E-state index in [1.807, 2.05) is 19.8 Å². The van der Waals surface area contributed by atoms with Crippen LogP contribution in [0.1, 0.15) is 13.8 Å². The van der Waals surface area contributed by atoms with Gasteiger partial charge in [-0.05, 0) is 5.92 Å². The second kappa shape index (κ2) is 3.96. The van der Waals surface area contributed by atoms with E-state index in [4.69, 9.17) is 6.42 Å². The highest BCUT2D eigenvalue weighted by atomic mass is 16.5. The van der Waals surface area contributed by atoms with E-state index in [-0.39, 0.29) is 0 Å². The van der Waals surface area contributed by atoms with E-state index < -0.39 is 5.97 Å². The zero-order chi connectivity index (χ0) is 7.28. The zero-order valence-corrected chi connectivity index (χ0v) is 5.68. The van der Waals surface area contributed by atoms with Crippen molar-refractivity contribution < 1.29 is 9.53 Å². The maximum absolute atomic E-state index is 10.3. The van der Waals surface area contributed by atoms with Crippen LogP contribution in [0.15, 0.2) is 0 Å². The lowest BCUT2D eigenvalue weighted by atomic mass is 10.2. The zero-order valence-electron chi connectivity index (χ0n) is 5.68. The smallest absolute Gasteiger partial charge is 0.384 e. The highest BCUT2D eigenvalue weighted by Crippen LogP contribution is 1.91. The van der Waals surface area contributed by atoms with E-state index in [0.717, 1.165) is 0 Å². The normalized spacial score (nSPS) is 8.67. The average molecular weight is 126 g/mol. The molecule has 9 heavy (non-hydrogen) atoms. The summed E-state index contributed by atoms with van der Waals surface area (Å²) in [5.74, 6) is 1.63. The first-order valence-electron chi connectivity index (χ1n) is 2.80. The minimum atomic E-state index is -0.580. The first kappa shape index (κ1) is 8.03. The van der Waals surface area contributed by atoms with Gasteiger partial charge in [0.2, 0.25) is 0 Å². The summed E-state index contributed by atoms with van der Waals surface area (Å²) in [5.41, 5.74) is 0. The Kier molecular flexibility index (Phi) is 3.54. The summed E-state index contributed by atoms with van der Waals surface area (Å²) in [6, 6.07) is 0. The molecule has 0 saturated carbocycles. The molecule has 0 atom stereocenters. The Morgan fingerprint density at radius 1 is 1.78 bits per heavy atom. The molecule has 0 unspecified atom stereocenters. The molecule has 0 heterocycles. The van der Waals surface area contributed by atoms with Gasteiger partial charge in [0.1, 0.15) is 0 Å². The molecule has 0 N–H and O–H groups in total. The molecular weight excluding hydrogens is 116 g/mol. The Bertz CT molecular complexity index is 130. The molecule has 0 aliphatic carbocycles. The third-order valence-electron chi connectivity index (χ3n) is 0.666. The molecule has 0 aromatic carbocycles. The minimum Gasteiger partial charge on any atom is -0.456 e. The van der Waals surface area contributed by atoms with Crippen molar-refractivity contribution in [2.24, 2.45) is 5.92 Å². The fraction of sp³-hybridized carbons (Fsp3) is 0.571. The van der Waals surface area contributed by atoms with Crippen molar-refractivity contribution in [3.63, 3.8) is 0 Å². The lowest BCUT2D eigenvalue weighted by molar-refractivity contribution is -0.137. The monoisotopic (exact) mass is 126 g/mol. The van der Waals surface area contributed by atoms with Crippen molar-refractivity contribution in [1.82, 2.24) is 0 Å². The summed E-state index contributed by atoms with van der Waals surface area (Å²) in [5, 5.41) is 0. The molecule has 0 amide bonds. The Balaban J connectivity index is 3.31. The first-order valence-corrected chi connectivity index (χ1v) is 2.80. The number of hydrogen-bond acceptors (Lipinski definition) is 2. The molecule has 2 nitrogen and oxygen atoms in total. The van der Waals surface area contributed by atoms with Crippen LogP contribution in [-0.2, 0) is 9.53 Å². The Hall–Kier alpha value is -0.970. The lowest BCUT2D eigenvalue weighted by Gasteiger charge is -2.01. The van der Waals surface area contributed by atoms with E-state index in [2.05, 4.69) is 4.74 Å². The van der Waals surface area contributed by atoms with Gasteiger partial charge in [-0.3, -0.25) is 0 Å². The Morgan fingerprint density at radius 3 is 2.67 bits per heavy atom. The number of hydrogen-bond donors (Lipinski definition) is 0. The summed E-state index contributed by atoms with van der Waals surface area (Å²) in [7, 11) is 0. The number of rotatable bonds is 2. The van der Waals surface area contributed by atoms with Crippen LogP contribution < -0.4 is 0 Å². The van der Waals surface area contributed by atoms with Crippen LogP contribution in [0.3, 0.4) is 0 Å². The second-order valence-electron chi connectivity index (χ2n) is 2.14. The van der Waals surface area contributed by atoms with Gasteiger partial charge in [0.25, 0.3) is 0 Å². The Labute approximate surface area is 55.2 Å². The topological polar surface area (TPSA) is 26.3 Å². The van der Waals surface area contributed by atoms with Crippen molar-refractivity contribution in [2.45, 2.75) is 13.8 Å². The highest BCUT2D eigenvalue weighted by molar-refractivity contribution is 5.87. The lowest BCUT2D eigenvalue weighted by Crippen LogP contribution is -2.06. The van der Waals surface area contributed by atoms with Crippen molar-refractivity contribution in [3.05, 3.63) is 0 Å². The molecule has 0 aliphatic rings. The molecule has 0 fully saturated rings. The van der Waals surface area contributed by atoms with E-state index in [1.54, 1.807) is 0 Å². The summed E-state index contributed by atoms with van der Waals surface area (Å²) >= 11 is 0. The SMILES string of the molecule is C#CC(=O)OCC(C)C. The fourth-order valence-corrected chi connectivity index (χ4v) is 0.284. The van der Waals surface area contributed by atoms with Gasteiger partial charge < -0.3 is 4.74 Å². The van der Waals surface area contributed by atoms with E-state index >= 15 is 0 Å². The van der Waals surface area contributed by atoms with Gasteiger partial charge in [-0.15, -0.1) is 6.42 Å². The molecule has 50 valence electrons. The van der Waals surface area contributed by atoms with Gasteiger partial charge in [0, 0.05) is 5.92 Å². The van der Waals surface area contributed by atoms with Crippen molar-refractivity contribution in [2.75, 3.05) is 6.61 Å². The van der Waals surface area contributed by atoms with Gasteiger partial charge in [-0.2, -0.15) is 0 Å². The third kappa shape index (κ3) is 4.89. The van der Waals surface area contributed by atoms with Crippen LogP contribution in [0, 0.1) is 18.3 Å². The number of esters is 1. The van der Waals surface area contributed by atoms with E-state index in [1.165, 1.54) is 0 Å². The number of ether oxygens (including phenoxy) is 1. The molecule has 0 aromatic heterocycles. The molecule has 0 spiro atoms.